The van der Waals surface area contributed by atoms with Crippen molar-refractivity contribution in [3.63, 3.8) is 0 Å². The number of hydrogen-bond acceptors (Lipinski definition) is 0. The van der Waals surface area contributed by atoms with E-state index in [9.17, 15) is 0 Å². The molecule has 0 N–H and O–H groups in total. The summed E-state index contributed by atoms with van der Waals surface area (Å²) in [5.41, 5.74) is 0. The zero-order valence-corrected chi connectivity index (χ0v) is 16.2. The van der Waals surface area contributed by atoms with Gasteiger partial charge >= 0.3 is 31.1 Å². The van der Waals surface area contributed by atoms with Crippen molar-refractivity contribution in [2.24, 2.45) is 0 Å². The van der Waals surface area contributed by atoms with Crippen LogP contribution >= 0.6 is 0 Å². The largest absolute Gasteiger partial charge is 4.00 e. The minimum Gasteiger partial charge on any atom is -0.214 e. The van der Waals surface area contributed by atoms with Crippen LogP contribution in [0.3, 0.4) is 0 Å². The first-order chi connectivity index (χ1) is 10.0. The Morgan fingerprint density at radius 1 is 0.286 bits per heavy atom. The van der Waals surface area contributed by atoms with E-state index in [4.69, 9.17) is 0 Å². The Kier molecular flexibility index (Phi) is 15.3. The average molecular weight is 498 g/mol. The Morgan fingerprint density at radius 2 is 0.429 bits per heavy atom. The molecule has 104 valence electrons. The normalized spacial score (nSPS) is 7.62. The van der Waals surface area contributed by atoms with Crippen LogP contribution in [-0.2, 0) is 0 Å². The molecule has 0 unspecified atom stereocenters. The Balaban J connectivity index is 0.000000250. The van der Waals surface area contributed by atoms with E-state index in [-0.39, 0.29) is 31.1 Å². The summed E-state index contributed by atoms with van der Waals surface area (Å²) in [4.78, 5) is 0. The minimum atomic E-state index is 0. The Morgan fingerprint density at radius 3 is 0.476 bits per heavy atom. The molecule has 0 aliphatic heterocycles. The molecule has 0 atom stereocenters. The van der Waals surface area contributed by atoms with E-state index in [2.05, 4.69) is 0 Å². The van der Waals surface area contributed by atoms with E-state index in [1.54, 1.807) is 0 Å². The fraction of sp³-hybridized carbons (Fsp3) is 0. The van der Waals surface area contributed by atoms with Gasteiger partial charge in [0.1, 0.15) is 0 Å². The quantitative estimate of drug-likeness (QED) is 0.276. The standard InChI is InChI=1S/4C5H5.U/c4*1-2-4-5-3-1;/h4*1-5H;/q4*-1;+4. The summed E-state index contributed by atoms with van der Waals surface area (Å²) in [6.45, 7) is 0. The summed E-state index contributed by atoms with van der Waals surface area (Å²) < 4.78 is 0. The second kappa shape index (κ2) is 16.5. The number of hydrogen-bond donors (Lipinski definition) is 0. The van der Waals surface area contributed by atoms with Gasteiger partial charge in [-0.3, -0.25) is 0 Å². The molecule has 0 aromatic heterocycles. The van der Waals surface area contributed by atoms with E-state index in [1.807, 2.05) is 121 Å². The van der Waals surface area contributed by atoms with E-state index < -0.39 is 0 Å². The number of rotatable bonds is 0. The molecule has 21 heavy (non-hydrogen) atoms. The second-order valence-corrected chi connectivity index (χ2v) is 3.85. The maximum absolute atomic E-state index is 2.00. The van der Waals surface area contributed by atoms with Gasteiger partial charge in [-0.2, -0.15) is 72.8 Å². The average Bonchev–Trinajstić information content (AvgIpc) is 3.40. The van der Waals surface area contributed by atoms with Gasteiger partial charge in [0.15, 0.2) is 0 Å². The van der Waals surface area contributed by atoms with Crippen molar-refractivity contribution < 1.29 is 31.1 Å². The monoisotopic (exact) mass is 498 g/mol. The van der Waals surface area contributed by atoms with E-state index >= 15 is 0 Å². The van der Waals surface area contributed by atoms with Crippen LogP contribution in [0, 0.1) is 31.1 Å². The van der Waals surface area contributed by atoms with Gasteiger partial charge in [0.2, 0.25) is 0 Å². The van der Waals surface area contributed by atoms with E-state index in [0.29, 0.717) is 0 Å². The van der Waals surface area contributed by atoms with Gasteiger partial charge in [0, 0.05) is 0 Å². The van der Waals surface area contributed by atoms with Gasteiger partial charge in [-0.05, 0) is 0 Å². The molecule has 0 aliphatic carbocycles. The van der Waals surface area contributed by atoms with Crippen molar-refractivity contribution in [3.8, 4) is 0 Å². The summed E-state index contributed by atoms with van der Waals surface area (Å²) in [6.07, 6.45) is 0. The van der Waals surface area contributed by atoms with Crippen LogP contribution in [0.25, 0.3) is 0 Å². The molecule has 4 rings (SSSR count). The van der Waals surface area contributed by atoms with Crippen molar-refractivity contribution in [1.29, 1.82) is 0 Å². The van der Waals surface area contributed by atoms with Crippen molar-refractivity contribution in [2.75, 3.05) is 0 Å². The maximum atomic E-state index is 2.00. The van der Waals surface area contributed by atoms with Crippen molar-refractivity contribution in [3.05, 3.63) is 121 Å². The predicted octanol–water partition coefficient (Wildman–Crippen LogP) is 5.62. The molecule has 4 aromatic rings. The van der Waals surface area contributed by atoms with Crippen LogP contribution in [0.15, 0.2) is 121 Å². The summed E-state index contributed by atoms with van der Waals surface area (Å²) >= 11 is 0. The third kappa shape index (κ3) is 14.7. The van der Waals surface area contributed by atoms with Crippen molar-refractivity contribution in [1.82, 2.24) is 0 Å². The Hall–Kier alpha value is -1.55. The summed E-state index contributed by atoms with van der Waals surface area (Å²) in [5.74, 6) is 0. The predicted molar refractivity (Wildman–Crippen MR) is 88.1 cm³/mol. The van der Waals surface area contributed by atoms with Gasteiger partial charge in [-0.15, -0.1) is 0 Å². The molecular formula is C20H20U. The molecule has 0 saturated carbocycles. The molecule has 0 bridgehead atoms. The fourth-order valence-corrected chi connectivity index (χ4v) is 1.28. The molecule has 4 aromatic carbocycles. The van der Waals surface area contributed by atoms with Crippen LogP contribution in [0.5, 0.6) is 0 Å². The first-order valence-corrected chi connectivity index (χ1v) is 6.67. The molecule has 0 spiro atoms. The summed E-state index contributed by atoms with van der Waals surface area (Å²) in [5, 5.41) is 0. The second-order valence-electron chi connectivity index (χ2n) is 3.85. The van der Waals surface area contributed by atoms with Crippen molar-refractivity contribution in [2.45, 2.75) is 0 Å². The molecule has 0 aliphatic rings. The van der Waals surface area contributed by atoms with Crippen LogP contribution in [0.1, 0.15) is 0 Å². The zero-order chi connectivity index (χ0) is 14.1. The smallest absolute Gasteiger partial charge is 0.214 e. The van der Waals surface area contributed by atoms with Gasteiger partial charge in [-0.1, -0.05) is 0 Å². The van der Waals surface area contributed by atoms with Gasteiger partial charge in [0.25, 0.3) is 0 Å². The first-order valence-electron chi connectivity index (χ1n) is 6.67. The molecule has 0 radical (unpaired) electrons. The van der Waals surface area contributed by atoms with E-state index in [1.165, 1.54) is 0 Å². The fourth-order valence-electron chi connectivity index (χ4n) is 1.28. The van der Waals surface area contributed by atoms with Gasteiger partial charge in [0.05, 0.1) is 0 Å². The zero-order valence-electron chi connectivity index (χ0n) is 12.0. The van der Waals surface area contributed by atoms with Crippen LogP contribution < -0.4 is 0 Å². The Bertz CT molecular complexity index is 337. The van der Waals surface area contributed by atoms with Crippen LogP contribution in [0.4, 0.5) is 0 Å². The van der Waals surface area contributed by atoms with Crippen LogP contribution in [0.2, 0.25) is 0 Å². The van der Waals surface area contributed by atoms with Gasteiger partial charge in [-0.25, -0.2) is 48.5 Å². The van der Waals surface area contributed by atoms with E-state index in [0.717, 1.165) is 0 Å². The van der Waals surface area contributed by atoms with Gasteiger partial charge < -0.3 is 0 Å². The maximum Gasteiger partial charge on any atom is 4.00 e. The third-order valence-electron chi connectivity index (χ3n) is 2.22. The minimum absolute atomic E-state index is 0. The molecule has 0 nitrogen and oxygen atoms in total. The molecule has 1 heteroatoms. The van der Waals surface area contributed by atoms with Crippen LogP contribution in [-0.4, -0.2) is 0 Å². The first kappa shape index (κ1) is 19.5. The Labute approximate surface area is 151 Å². The third-order valence-corrected chi connectivity index (χ3v) is 2.22. The molecule has 0 fully saturated rings. The molecule has 0 heterocycles. The molecular weight excluding hydrogens is 478 g/mol. The van der Waals surface area contributed by atoms with Crippen molar-refractivity contribution >= 4 is 0 Å². The SMILES string of the molecule is [U+4].c1cc[cH-]c1.c1cc[cH-]c1.c1cc[cH-]c1.c1cc[cH-]c1. The summed E-state index contributed by atoms with van der Waals surface area (Å²) in [6, 6.07) is 40.0. The molecule has 0 saturated heterocycles. The molecule has 0 amide bonds. The topological polar surface area (TPSA) is 0 Å². The summed E-state index contributed by atoms with van der Waals surface area (Å²) in [7, 11) is 0.